The molecule has 0 bridgehead atoms. The van der Waals surface area contributed by atoms with Gasteiger partial charge in [-0.2, -0.15) is 0 Å². The number of aromatic nitrogens is 3. The molecule has 2 aromatic heterocycles. The van der Waals surface area contributed by atoms with Gasteiger partial charge in [0.1, 0.15) is 6.04 Å². The SMILES string of the molecule is O=[N+]([O-])O.c1ccc(-c2ccc(C(c3nccc4ccccc34)n3ccnc3)cc2)cc1. The van der Waals surface area contributed by atoms with Gasteiger partial charge >= 0.3 is 0 Å². The molecule has 7 nitrogen and oxygen atoms in total. The summed E-state index contributed by atoms with van der Waals surface area (Å²) >= 11 is 0. The van der Waals surface area contributed by atoms with E-state index < -0.39 is 5.09 Å². The Morgan fingerprint density at radius 1 is 0.844 bits per heavy atom. The van der Waals surface area contributed by atoms with Crippen LogP contribution < -0.4 is 0 Å². The summed E-state index contributed by atoms with van der Waals surface area (Å²) in [6.45, 7) is 0. The lowest BCUT2D eigenvalue weighted by atomic mass is 9.96. The molecular formula is C25H20N4O3. The van der Waals surface area contributed by atoms with Gasteiger partial charge in [0, 0.05) is 24.0 Å². The first-order valence-corrected chi connectivity index (χ1v) is 9.93. The second kappa shape index (κ2) is 9.53. The van der Waals surface area contributed by atoms with E-state index in [1.54, 1.807) is 0 Å². The topological polar surface area (TPSA) is 94.1 Å². The van der Waals surface area contributed by atoms with Gasteiger partial charge in [0.05, 0.1) is 12.0 Å². The predicted molar refractivity (Wildman–Crippen MR) is 122 cm³/mol. The van der Waals surface area contributed by atoms with Gasteiger partial charge in [-0.05, 0) is 28.1 Å². The maximum absolute atomic E-state index is 8.36. The van der Waals surface area contributed by atoms with Crippen molar-refractivity contribution in [3.8, 4) is 11.1 Å². The Morgan fingerprint density at radius 3 is 2.19 bits per heavy atom. The van der Waals surface area contributed by atoms with Crippen molar-refractivity contribution in [1.82, 2.24) is 14.5 Å². The Labute approximate surface area is 184 Å². The maximum atomic E-state index is 8.36. The minimum absolute atomic E-state index is 0.0292. The van der Waals surface area contributed by atoms with E-state index >= 15 is 0 Å². The monoisotopic (exact) mass is 424 g/mol. The average molecular weight is 424 g/mol. The lowest BCUT2D eigenvalue weighted by Gasteiger charge is -2.20. The zero-order valence-corrected chi connectivity index (χ0v) is 17.0. The molecule has 0 saturated heterocycles. The van der Waals surface area contributed by atoms with Gasteiger partial charge in [-0.1, -0.05) is 78.9 Å². The third-order valence-electron chi connectivity index (χ3n) is 5.12. The van der Waals surface area contributed by atoms with Crippen LogP contribution in [0.5, 0.6) is 0 Å². The highest BCUT2D eigenvalue weighted by atomic mass is 16.9. The molecule has 0 amide bonds. The molecule has 0 aliphatic heterocycles. The van der Waals surface area contributed by atoms with Crippen LogP contribution in [0, 0.1) is 10.1 Å². The molecule has 0 saturated carbocycles. The third-order valence-corrected chi connectivity index (χ3v) is 5.12. The van der Waals surface area contributed by atoms with Crippen LogP contribution in [0.4, 0.5) is 0 Å². The smallest absolute Gasteiger partial charge is 0.291 e. The van der Waals surface area contributed by atoms with Gasteiger partial charge in [-0.3, -0.25) is 4.98 Å². The van der Waals surface area contributed by atoms with E-state index in [1.807, 2.05) is 31.0 Å². The van der Waals surface area contributed by atoms with Crippen LogP contribution in [0.3, 0.4) is 0 Å². The van der Waals surface area contributed by atoms with Crippen LogP contribution in [0.2, 0.25) is 0 Å². The molecule has 0 aliphatic rings. The molecule has 158 valence electrons. The van der Waals surface area contributed by atoms with Gasteiger partial charge < -0.3 is 9.77 Å². The first-order valence-electron chi connectivity index (χ1n) is 9.93. The number of hydrogen-bond acceptors (Lipinski definition) is 4. The molecule has 5 aromatic rings. The van der Waals surface area contributed by atoms with E-state index in [9.17, 15) is 0 Å². The van der Waals surface area contributed by atoms with Crippen molar-refractivity contribution in [2.75, 3.05) is 0 Å². The first-order chi connectivity index (χ1) is 15.6. The number of hydrogen-bond donors (Lipinski definition) is 1. The van der Waals surface area contributed by atoms with Crippen molar-refractivity contribution in [3.05, 3.63) is 131 Å². The molecule has 2 heterocycles. The summed E-state index contributed by atoms with van der Waals surface area (Å²) in [5.41, 5.74) is 4.64. The van der Waals surface area contributed by atoms with Gasteiger partial charge in [0.25, 0.3) is 5.09 Å². The van der Waals surface area contributed by atoms with Gasteiger partial charge in [-0.15, -0.1) is 10.1 Å². The van der Waals surface area contributed by atoms with Crippen molar-refractivity contribution in [3.63, 3.8) is 0 Å². The Morgan fingerprint density at radius 2 is 1.50 bits per heavy atom. The van der Waals surface area contributed by atoms with E-state index in [2.05, 4.69) is 88.4 Å². The van der Waals surface area contributed by atoms with Crippen LogP contribution in [-0.4, -0.2) is 24.8 Å². The normalized spacial score (nSPS) is 11.4. The van der Waals surface area contributed by atoms with E-state index in [-0.39, 0.29) is 6.04 Å². The number of fused-ring (bicyclic) bond motifs is 1. The Balaban J connectivity index is 0.000000567. The van der Waals surface area contributed by atoms with Crippen molar-refractivity contribution in [1.29, 1.82) is 0 Å². The predicted octanol–water partition coefficient (Wildman–Crippen LogP) is 5.39. The van der Waals surface area contributed by atoms with Crippen LogP contribution >= 0.6 is 0 Å². The second-order valence-electron chi connectivity index (χ2n) is 7.06. The molecule has 0 aliphatic carbocycles. The molecule has 1 N–H and O–H groups in total. The zero-order chi connectivity index (χ0) is 22.3. The summed E-state index contributed by atoms with van der Waals surface area (Å²) in [5.74, 6) is 0. The number of pyridine rings is 1. The quantitative estimate of drug-likeness (QED) is 0.308. The number of nitrogens with zero attached hydrogens (tertiary/aromatic N) is 4. The lowest BCUT2D eigenvalue weighted by molar-refractivity contribution is -0.742. The summed E-state index contributed by atoms with van der Waals surface area (Å²) in [7, 11) is 0. The largest absolute Gasteiger partial charge is 0.328 e. The molecule has 7 heteroatoms. The molecule has 0 spiro atoms. The minimum atomic E-state index is -1.50. The van der Waals surface area contributed by atoms with Crippen molar-refractivity contribution in [2.45, 2.75) is 6.04 Å². The van der Waals surface area contributed by atoms with E-state index in [0.29, 0.717) is 0 Å². The fourth-order valence-corrected chi connectivity index (χ4v) is 3.74. The van der Waals surface area contributed by atoms with E-state index in [0.717, 1.165) is 11.1 Å². The van der Waals surface area contributed by atoms with Gasteiger partial charge in [0.2, 0.25) is 0 Å². The lowest BCUT2D eigenvalue weighted by Crippen LogP contribution is -2.12. The van der Waals surface area contributed by atoms with Crippen molar-refractivity contribution < 1.29 is 10.3 Å². The first kappa shape index (κ1) is 20.7. The number of rotatable bonds is 4. The average Bonchev–Trinajstić information content (AvgIpc) is 3.35. The highest BCUT2D eigenvalue weighted by molar-refractivity contribution is 5.85. The molecular weight excluding hydrogens is 404 g/mol. The summed E-state index contributed by atoms with van der Waals surface area (Å²) in [5, 5.41) is 16.0. The Hall–Kier alpha value is -4.52. The fraction of sp³-hybridized carbons (Fsp3) is 0.0400. The number of benzene rings is 3. The minimum Gasteiger partial charge on any atom is -0.328 e. The Kier molecular flexibility index (Phi) is 6.17. The zero-order valence-electron chi connectivity index (χ0n) is 17.0. The van der Waals surface area contributed by atoms with E-state index in [4.69, 9.17) is 20.3 Å². The highest BCUT2D eigenvalue weighted by Gasteiger charge is 2.20. The second-order valence-corrected chi connectivity index (χ2v) is 7.06. The van der Waals surface area contributed by atoms with Crippen LogP contribution in [0.15, 0.2) is 110 Å². The van der Waals surface area contributed by atoms with E-state index in [1.165, 1.54) is 22.1 Å². The van der Waals surface area contributed by atoms with Crippen molar-refractivity contribution >= 4 is 10.8 Å². The summed E-state index contributed by atoms with van der Waals surface area (Å²) in [6, 6.07) is 29.6. The van der Waals surface area contributed by atoms with Crippen LogP contribution in [0.25, 0.3) is 21.9 Å². The Bertz CT molecular complexity index is 1300. The molecule has 5 rings (SSSR count). The van der Waals surface area contributed by atoms with Gasteiger partial charge in [0.15, 0.2) is 0 Å². The molecule has 1 atom stereocenters. The number of imidazole rings is 1. The summed E-state index contributed by atoms with van der Waals surface area (Å²) < 4.78 is 2.12. The third kappa shape index (κ3) is 4.62. The van der Waals surface area contributed by atoms with Crippen molar-refractivity contribution in [2.24, 2.45) is 0 Å². The molecule has 0 fully saturated rings. The van der Waals surface area contributed by atoms with Gasteiger partial charge in [-0.25, -0.2) is 4.98 Å². The summed E-state index contributed by atoms with van der Waals surface area (Å²) in [6.07, 6.45) is 7.56. The highest BCUT2D eigenvalue weighted by Crippen LogP contribution is 2.31. The maximum Gasteiger partial charge on any atom is 0.291 e. The standard InChI is InChI=1S/C25H19N3.HNO3/c1-2-6-19(7-3-1)20-10-12-22(13-11-20)25(28-17-16-26-18-28)24-23-9-5-4-8-21(23)14-15-27-24;2-1(3)4/h1-18,25H;(H,2,3,4). The van der Waals surface area contributed by atoms with Crippen LogP contribution in [0.1, 0.15) is 17.3 Å². The fourth-order valence-electron chi connectivity index (χ4n) is 3.74. The molecule has 3 aromatic carbocycles. The molecule has 32 heavy (non-hydrogen) atoms. The summed E-state index contributed by atoms with van der Waals surface area (Å²) in [4.78, 5) is 17.4. The van der Waals surface area contributed by atoms with Crippen LogP contribution in [-0.2, 0) is 0 Å². The molecule has 1 unspecified atom stereocenters. The molecule has 0 radical (unpaired) electrons.